The summed E-state index contributed by atoms with van der Waals surface area (Å²) in [6, 6.07) is 8.29. The summed E-state index contributed by atoms with van der Waals surface area (Å²) in [5.41, 5.74) is 1.90. The first-order valence-electron chi connectivity index (χ1n) is 6.15. The zero-order valence-corrected chi connectivity index (χ0v) is 13.8. The van der Waals surface area contributed by atoms with Crippen LogP contribution in [0.15, 0.2) is 34.3 Å². The fourth-order valence-electron chi connectivity index (χ4n) is 1.88. The van der Waals surface area contributed by atoms with Crippen molar-refractivity contribution < 1.29 is 0 Å². The van der Waals surface area contributed by atoms with Crippen molar-refractivity contribution in [2.75, 3.05) is 6.26 Å². The third-order valence-electron chi connectivity index (χ3n) is 2.99. The molecule has 0 saturated heterocycles. The van der Waals surface area contributed by atoms with Crippen LogP contribution in [0.4, 0.5) is 0 Å². The van der Waals surface area contributed by atoms with E-state index in [-0.39, 0.29) is 0 Å². The summed E-state index contributed by atoms with van der Waals surface area (Å²) in [4.78, 5) is 5.67. The van der Waals surface area contributed by atoms with Gasteiger partial charge in [0.2, 0.25) is 5.16 Å². The molecular weight excluding hydrogens is 326 g/mol. The summed E-state index contributed by atoms with van der Waals surface area (Å²) in [5, 5.41) is 13.7. The molecule has 0 atom stereocenters. The zero-order valence-electron chi connectivity index (χ0n) is 11.4. The maximum absolute atomic E-state index is 6.29. The smallest absolute Gasteiger partial charge is 0.209 e. The summed E-state index contributed by atoms with van der Waals surface area (Å²) < 4.78 is 1.64. The molecule has 8 heteroatoms. The van der Waals surface area contributed by atoms with E-state index in [1.54, 1.807) is 16.4 Å². The Bertz CT molecular complexity index is 789. The molecule has 0 aliphatic carbocycles. The van der Waals surface area contributed by atoms with Gasteiger partial charge in [-0.2, -0.15) is 0 Å². The first-order chi connectivity index (χ1) is 10.2. The van der Waals surface area contributed by atoms with Crippen LogP contribution in [-0.4, -0.2) is 31.4 Å². The third-order valence-corrected chi connectivity index (χ3v) is 5.10. The maximum atomic E-state index is 6.29. The molecule has 2 heterocycles. The van der Waals surface area contributed by atoms with Gasteiger partial charge in [-0.25, -0.2) is 9.67 Å². The minimum atomic E-state index is 0.531. The molecule has 0 aliphatic rings. The Balaban J connectivity index is 1.88. The predicted octanol–water partition coefficient (Wildman–Crippen LogP) is 3.43. The van der Waals surface area contributed by atoms with Gasteiger partial charge in [0, 0.05) is 28.6 Å². The molecule has 0 fully saturated rings. The van der Waals surface area contributed by atoms with Crippen molar-refractivity contribution in [2.45, 2.75) is 15.8 Å². The average molecular weight is 338 g/mol. The average Bonchev–Trinajstić information content (AvgIpc) is 2.90. The highest BCUT2D eigenvalue weighted by atomic mass is 35.5. The molecule has 108 valence electrons. The molecule has 0 spiro atoms. The molecule has 3 aromatic rings. The van der Waals surface area contributed by atoms with Crippen LogP contribution in [0.2, 0.25) is 5.15 Å². The number of hydrogen-bond acceptors (Lipinski definition) is 6. The molecule has 21 heavy (non-hydrogen) atoms. The summed E-state index contributed by atoms with van der Waals surface area (Å²) in [7, 11) is 1.81. The van der Waals surface area contributed by atoms with E-state index >= 15 is 0 Å². The lowest BCUT2D eigenvalue weighted by molar-refractivity contribution is 0.664. The number of aromatic nitrogens is 5. The number of aryl methyl sites for hydroxylation is 1. The molecule has 1 aromatic carbocycles. The first kappa shape index (κ1) is 14.6. The number of tetrazole rings is 1. The summed E-state index contributed by atoms with van der Waals surface area (Å²) in [5.74, 6) is 0.681. The highest BCUT2D eigenvalue weighted by Gasteiger charge is 2.09. The summed E-state index contributed by atoms with van der Waals surface area (Å²) in [6.45, 7) is 0. The maximum Gasteiger partial charge on any atom is 0.209 e. The van der Waals surface area contributed by atoms with Gasteiger partial charge in [0.25, 0.3) is 0 Å². The normalized spacial score (nSPS) is 11.2. The van der Waals surface area contributed by atoms with Crippen LogP contribution in [0.1, 0.15) is 5.56 Å². The number of hydrogen-bond donors (Lipinski definition) is 0. The number of rotatable bonds is 4. The van der Waals surface area contributed by atoms with Crippen molar-refractivity contribution in [1.29, 1.82) is 0 Å². The summed E-state index contributed by atoms with van der Waals surface area (Å²) in [6.07, 6.45) is 2.04. The van der Waals surface area contributed by atoms with E-state index in [4.69, 9.17) is 11.6 Å². The molecule has 0 N–H and O–H groups in total. The Kier molecular flexibility index (Phi) is 4.32. The second kappa shape index (κ2) is 6.21. The Morgan fingerprint density at radius 3 is 2.86 bits per heavy atom. The van der Waals surface area contributed by atoms with Crippen LogP contribution in [0.5, 0.6) is 0 Å². The first-order valence-corrected chi connectivity index (χ1v) is 8.74. The van der Waals surface area contributed by atoms with Gasteiger partial charge in [0.1, 0.15) is 5.15 Å². The molecule has 0 unspecified atom stereocenters. The molecule has 0 bridgehead atoms. The lowest BCUT2D eigenvalue weighted by Crippen LogP contribution is -1.94. The highest BCUT2D eigenvalue weighted by Crippen LogP contribution is 2.28. The highest BCUT2D eigenvalue weighted by molar-refractivity contribution is 7.98. The molecule has 0 radical (unpaired) electrons. The van der Waals surface area contributed by atoms with Crippen molar-refractivity contribution in [1.82, 2.24) is 25.2 Å². The topological polar surface area (TPSA) is 56.5 Å². The molecule has 0 aliphatic heterocycles. The third kappa shape index (κ3) is 3.14. The van der Waals surface area contributed by atoms with Gasteiger partial charge in [-0.1, -0.05) is 29.4 Å². The molecule has 5 nitrogen and oxygen atoms in total. The van der Waals surface area contributed by atoms with E-state index in [1.807, 2.05) is 13.3 Å². The van der Waals surface area contributed by atoms with Crippen LogP contribution in [0, 0.1) is 0 Å². The second-order valence-electron chi connectivity index (χ2n) is 4.37. The Labute approximate surface area is 135 Å². The quantitative estimate of drug-likeness (QED) is 0.537. The van der Waals surface area contributed by atoms with Crippen molar-refractivity contribution in [3.05, 3.63) is 35.0 Å². The van der Waals surface area contributed by atoms with E-state index in [0.717, 1.165) is 21.6 Å². The van der Waals surface area contributed by atoms with Crippen molar-refractivity contribution in [3.63, 3.8) is 0 Å². The Morgan fingerprint density at radius 1 is 1.29 bits per heavy atom. The predicted molar refractivity (Wildman–Crippen MR) is 86.9 cm³/mol. The molecule has 2 aromatic heterocycles. The minimum Gasteiger partial charge on any atom is -0.236 e. The van der Waals surface area contributed by atoms with Crippen molar-refractivity contribution in [3.8, 4) is 0 Å². The van der Waals surface area contributed by atoms with Gasteiger partial charge in [0.15, 0.2) is 0 Å². The fraction of sp³-hybridized carbons (Fsp3) is 0.231. The number of benzene rings is 1. The van der Waals surface area contributed by atoms with Crippen LogP contribution in [0.25, 0.3) is 10.9 Å². The Hall–Kier alpha value is -1.31. The summed E-state index contributed by atoms with van der Waals surface area (Å²) >= 11 is 9.52. The van der Waals surface area contributed by atoms with E-state index in [1.165, 1.54) is 16.7 Å². The zero-order chi connectivity index (χ0) is 14.8. The molecule has 0 saturated carbocycles. The van der Waals surface area contributed by atoms with E-state index in [9.17, 15) is 0 Å². The number of nitrogens with zero attached hydrogens (tertiary/aromatic N) is 5. The number of fused-ring (bicyclic) bond motifs is 1. The number of thioether (sulfide) groups is 2. The number of halogens is 1. The second-order valence-corrected chi connectivity index (χ2v) is 6.55. The molecular formula is C13H12ClN5S2. The van der Waals surface area contributed by atoms with Crippen LogP contribution < -0.4 is 0 Å². The van der Waals surface area contributed by atoms with Crippen LogP contribution >= 0.6 is 35.1 Å². The van der Waals surface area contributed by atoms with Gasteiger partial charge in [0.05, 0.1) is 5.52 Å². The minimum absolute atomic E-state index is 0.531. The van der Waals surface area contributed by atoms with Gasteiger partial charge < -0.3 is 0 Å². The standard InChI is InChI=1S/C13H12ClN5S2/c1-19-13(16-17-18-19)21-7-9-5-8-3-4-10(20-2)6-11(8)15-12(9)14/h3-6H,7H2,1-2H3. The van der Waals surface area contributed by atoms with Crippen molar-refractivity contribution in [2.24, 2.45) is 7.05 Å². The van der Waals surface area contributed by atoms with Crippen LogP contribution in [-0.2, 0) is 12.8 Å². The lowest BCUT2D eigenvalue weighted by Gasteiger charge is -2.06. The molecule has 0 amide bonds. The van der Waals surface area contributed by atoms with Crippen molar-refractivity contribution >= 4 is 46.0 Å². The van der Waals surface area contributed by atoms with Gasteiger partial charge >= 0.3 is 0 Å². The van der Waals surface area contributed by atoms with E-state index in [0.29, 0.717) is 10.9 Å². The van der Waals surface area contributed by atoms with Gasteiger partial charge in [-0.3, -0.25) is 0 Å². The Morgan fingerprint density at radius 2 is 2.14 bits per heavy atom. The lowest BCUT2D eigenvalue weighted by atomic mass is 10.2. The SMILES string of the molecule is CSc1ccc2cc(CSc3nnnn3C)c(Cl)nc2c1. The monoisotopic (exact) mass is 337 g/mol. The number of pyridine rings is 1. The van der Waals surface area contributed by atoms with E-state index < -0.39 is 0 Å². The van der Waals surface area contributed by atoms with E-state index in [2.05, 4.69) is 44.8 Å². The van der Waals surface area contributed by atoms with Gasteiger partial charge in [-0.15, -0.1) is 16.9 Å². The fourth-order valence-corrected chi connectivity index (χ4v) is 3.43. The largest absolute Gasteiger partial charge is 0.236 e. The molecule has 3 rings (SSSR count). The van der Waals surface area contributed by atoms with Crippen LogP contribution in [0.3, 0.4) is 0 Å². The van der Waals surface area contributed by atoms with Gasteiger partial charge in [-0.05, 0) is 34.9 Å².